The van der Waals surface area contributed by atoms with Crippen molar-refractivity contribution in [2.24, 2.45) is 10.7 Å². The molecule has 0 radical (unpaired) electrons. The summed E-state index contributed by atoms with van der Waals surface area (Å²) in [6.45, 7) is 3.99. The summed E-state index contributed by atoms with van der Waals surface area (Å²) in [6.07, 6.45) is 6.29. The molecule has 1 saturated carbocycles. The van der Waals surface area contributed by atoms with Crippen molar-refractivity contribution in [3.8, 4) is 11.5 Å². The van der Waals surface area contributed by atoms with E-state index in [9.17, 15) is 4.79 Å². The molecule has 1 aliphatic heterocycles. The van der Waals surface area contributed by atoms with Crippen LogP contribution in [-0.2, 0) is 11.3 Å². The minimum absolute atomic E-state index is 0. The molecule has 1 aromatic rings. The van der Waals surface area contributed by atoms with Gasteiger partial charge >= 0.3 is 6.09 Å². The minimum atomic E-state index is -0.243. The van der Waals surface area contributed by atoms with E-state index in [0.717, 1.165) is 42.7 Å². The number of amides is 1. The highest BCUT2D eigenvalue weighted by atomic mass is 127. The first-order valence-electron chi connectivity index (χ1n) is 10.9. The lowest BCUT2D eigenvalue weighted by atomic mass is 10.1. The first-order valence-corrected chi connectivity index (χ1v) is 10.9. The summed E-state index contributed by atoms with van der Waals surface area (Å²) in [5.41, 5.74) is 7.12. The molecular weight excluding hydrogens is 511 g/mol. The molecule has 1 amide bonds. The van der Waals surface area contributed by atoms with E-state index in [2.05, 4.69) is 10.3 Å². The molecule has 0 atom stereocenters. The van der Waals surface area contributed by atoms with E-state index in [4.69, 9.17) is 19.9 Å². The normalized spacial score (nSPS) is 17.7. The Kier molecular flexibility index (Phi) is 10.5. The number of carbonyl (C=O) groups is 1. The first-order chi connectivity index (χ1) is 14.6. The van der Waals surface area contributed by atoms with Gasteiger partial charge in [0.15, 0.2) is 17.5 Å². The summed E-state index contributed by atoms with van der Waals surface area (Å²) in [7, 11) is 1.66. The summed E-state index contributed by atoms with van der Waals surface area (Å²) in [5.74, 6) is 1.93. The van der Waals surface area contributed by atoms with Crippen molar-refractivity contribution in [2.75, 3.05) is 26.8 Å². The Balaban J connectivity index is 0.00000341. The number of piperidine rings is 1. The number of nitrogens with zero attached hydrogens (tertiary/aromatic N) is 2. The number of methoxy groups -OCH3 is 1. The number of likely N-dealkylation sites (tertiary alicyclic amines) is 1. The molecule has 31 heavy (non-hydrogen) atoms. The number of nitrogens with one attached hydrogen (secondary N) is 1. The highest BCUT2D eigenvalue weighted by molar-refractivity contribution is 14.0. The van der Waals surface area contributed by atoms with E-state index in [1.54, 1.807) is 12.0 Å². The minimum Gasteiger partial charge on any atom is -0.493 e. The maximum absolute atomic E-state index is 11.8. The zero-order valence-electron chi connectivity index (χ0n) is 18.5. The monoisotopic (exact) mass is 546 g/mol. The van der Waals surface area contributed by atoms with E-state index in [1.165, 1.54) is 12.8 Å². The predicted molar refractivity (Wildman–Crippen MR) is 131 cm³/mol. The van der Waals surface area contributed by atoms with Crippen LogP contribution in [0.1, 0.15) is 51.0 Å². The SMILES string of the molecule is CCOC(=O)N1CCC(NC(N)=NCc2ccc(OC)c(OC3CCCC3)c2)CC1.I. The molecule has 1 aromatic carbocycles. The fourth-order valence-electron chi connectivity index (χ4n) is 3.95. The molecule has 0 aromatic heterocycles. The second-order valence-corrected chi connectivity index (χ2v) is 7.82. The van der Waals surface area contributed by atoms with E-state index >= 15 is 0 Å². The van der Waals surface area contributed by atoms with Crippen LogP contribution in [0.3, 0.4) is 0 Å². The van der Waals surface area contributed by atoms with Crippen LogP contribution in [0.25, 0.3) is 0 Å². The van der Waals surface area contributed by atoms with Crippen LogP contribution in [-0.4, -0.2) is 55.9 Å². The second-order valence-electron chi connectivity index (χ2n) is 7.82. The van der Waals surface area contributed by atoms with Crippen molar-refractivity contribution in [1.82, 2.24) is 10.2 Å². The van der Waals surface area contributed by atoms with Gasteiger partial charge in [0.25, 0.3) is 0 Å². The quantitative estimate of drug-likeness (QED) is 0.308. The van der Waals surface area contributed by atoms with E-state index in [1.807, 2.05) is 25.1 Å². The zero-order chi connectivity index (χ0) is 21.3. The molecule has 0 unspecified atom stereocenters. The molecule has 1 heterocycles. The van der Waals surface area contributed by atoms with E-state index in [0.29, 0.717) is 32.2 Å². The molecule has 0 spiro atoms. The Morgan fingerprint density at radius 3 is 2.55 bits per heavy atom. The third kappa shape index (κ3) is 7.62. The number of guanidine groups is 1. The molecule has 1 aliphatic carbocycles. The summed E-state index contributed by atoms with van der Waals surface area (Å²) < 4.78 is 16.6. The van der Waals surface area contributed by atoms with Crippen LogP contribution < -0.4 is 20.5 Å². The number of ether oxygens (including phenoxy) is 3. The molecule has 3 N–H and O–H groups in total. The maximum atomic E-state index is 11.8. The van der Waals surface area contributed by atoms with Gasteiger partial charge in [-0.1, -0.05) is 6.07 Å². The van der Waals surface area contributed by atoms with Crippen molar-refractivity contribution in [3.05, 3.63) is 23.8 Å². The van der Waals surface area contributed by atoms with Gasteiger partial charge in [0.2, 0.25) is 0 Å². The number of benzene rings is 1. The van der Waals surface area contributed by atoms with Gasteiger partial charge < -0.3 is 30.2 Å². The molecule has 174 valence electrons. The van der Waals surface area contributed by atoms with Crippen molar-refractivity contribution in [2.45, 2.75) is 64.1 Å². The maximum Gasteiger partial charge on any atom is 0.409 e. The van der Waals surface area contributed by atoms with Crippen LogP contribution in [0.4, 0.5) is 4.79 Å². The number of hydrogen-bond acceptors (Lipinski definition) is 5. The number of carbonyl (C=O) groups excluding carboxylic acids is 1. The van der Waals surface area contributed by atoms with Gasteiger partial charge in [-0.25, -0.2) is 9.79 Å². The van der Waals surface area contributed by atoms with Gasteiger partial charge in [0, 0.05) is 19.1 Å². The first kappa shape index (κ1) is 25.4. The lowest BCUT2D eigenvalue weighted by Gasteiger charge is -2.31. The van der Waals surface area contributed by atoms with Crippen LogP contribution in [0.5, 0.6) is 11.5 Å². The van der Waals surface area contributed by atoms with Crippen LogP contribution in [0, 0.1) is 0 Å². The number of halogens is 1. The van der Waals surface area contributed by atoms with E-state index in [-0.39, 0.29) is 42.2 Å². The molecule has 9 heteroatoms. The van der Waals surface area contributed by atoms with Crippen LogP contribution in [0.15, 0.2) is 23.2 Å². The number of aliphatic imine (C=N–C) groups is 1. The summed E-state index contributed by atoms with van der Waals surface area (Å²) in [4.78, 5) is 18.0. The molecular formula is C22H35IN4O4. The number of nitrogens with two attached hydrogens (primary N) is 1. The molecule has 1 saturated heterocycles. The van der Waals surface area contributed by atoms with Gasteiger partial charge in [0.05, 0.1) is 26.4 Å². The topological polar surface area (TPSA) is 98.4 Å². The third-order valence-corrected chi connectivity index (χ3v) is 5.63. The molecule has 2 fully saturated rings. The van der Waals surface area contributed by atoms with Gasteiger partial charge in [-0.05, 0) is 63.1 Å². The summed E-state index contributed by atoms with van der Waals surface area (Å²) in [6, 6.07) is 6.10. The summed E-state index contributed by atoms with van der Waals surface area (Å²) >= 11 is 0. The Morgan fingerprint density at radius 2 is 1.90 bits per heavy atom. The third-order valence-electron chi connectivity index (χ3n) is 5.63. The Bertz CT molecular complexity index is 732. The summed E-state index contributed by atoms with van der Waals surface area (Å²) in [5, 5.41) is 3.27. The Morgan fingerprint density at radius 1 is 1.19 bits per heavy atom. The molecule has 0 bridgehead atoms. The van der Waals surface area contributed by atoms with Crippen molar-refractivity contribution >= 4 is 36.0 Å². The van der Waals surface area contributed by atoms with Gasteiger partial charge in [-0.15, -0.1) is 24.0 Å². The molecule has 8 nitrogen and oxygen atoms in total. The van der Waals surface area contributed by atoms with Crippen molar-refractivity contribution in [1.29, 1.82) is 0 Å². The standard InChI is InChI=1S/C22H34N4O4.HI/c1-3-29-22(27)26-12-10-17(11-13-26)25-21(23)24-15-16-8-9-19(28-2)20(14-16)30-18-6-4-5-7-18;/h8-9,14,17-18H,3-7,10-13,15H2,1-2H3,(H3,23,24,25);1H. The molecule has 2 aliphatic rings. The predicted octanol–water partition coefficient (Wildman–Crippen LogP) is 3.66. The average molecular weight is 546 g/mol. The smallest absolute Gasteiger partial charge is 0.409 e. The fourth-order valence-corrected chi connectivity index (χ4v) is 3.95. The second kappa shape index (κ2) is 12.8. The van der Waals surface area contributed by atoms with Crippen molar-refractivity contribution < 1.29 is 19.0 Å². The van der Waals surface area contributed by atoms with Crippen LogP contribution in [0.2, 0.25) is 0 Å². The average Bonchev–Trinajstić information content (AvgIpc) is 3.26. The lowest BCUT2D eigenvalue weighted by Crippen LogP contribution is -2.48. The van der Waals surface area contributed by atoms with Gasteiger partial charge in [-0.2, -0.15) is 0 Å². The Labute approximate surface area is 201 Å². The fraction of sp³-hybridized carbons (Fsp3) is 0.636. The van der Waals surface area contributed by atoms with Crippen molar-refractivity contribution in [3.63, 3.8) is 0 Å². The Hall–Kier alpha value is -1.91. The highest BCUT2D eigenvalue weighted by Crippen LogP contribution is 2.32. The van der Waals surface area contributed by atoms with E-state index < -0.39 is 0 Å². The van der Waals surface area contributed by atoms with Gasteiger partial charge in [-0.3, -0.25) is 0 Å². The van der Waals surface area contributed by atoms with Crippen LogP contribution >= 0.6 is 24.0 Å². The number of rotatable bonds is 7. The zero-order valence-corrected chi connectivity index (χ0v) is 20.8. The largest absolute Gasteiger partial charge is 0.493 e. The van der Waals surface area contributed by atoms with Gasteiger partial charge in [0.1, 0.15) is 0 Å². The lowest BCUT2D eigenvalue weighted by molar-refractivity contribution is 0.0963. The highest BCUT2D eigenvalue weighted by Gasteiger charge is 2.23. The molecule has 3 rings (SSSR count). The number of hydrogen-bond donors (Lipinski definition) is 2.